The molecular weight excluding hydrogens is 393 g/mol. The molecular formula is C17H21KN5O3S. The van der Waals surface area contributed by atoms with Crippen LogP contribution in [0.1, 0.15) is 35.1 Å². The van der Waals surface area contributed by atoms with Gasteiger partial charge in [-0.2, -0.15) is 13.5 Å². The summed E-state index contributed by atoms with van der Waals surface area (Å²) in [6.07, 6.45) is 7.59. The van der Waals surface area contributed by atoms with Gasteiger partial charge in [-0.3, -0.25) is 4.68 Å². The summed E-state index contributed by atoms with van der Waals surface area (Å²) < 4.78 is 30.0. The number of hydrogen-bond acceptors (Lipinski definition) is 4. The first-order valence-corrected chi connectivity index (χ1v) is 10.2. The molecule has 0 aliphatic heterocycles. The van der Waals surface area contributed by atoms with Gasteiger partial charge in [0.1, 0.15) is 0 Å². The molecule has 1 aromatic heterocycles. The number of hydrogen-bond donors (Lipinski definition) is 3. The maximum atomic E-state index is 12.4. The predicted octanol–water partition coefficient (Wildman–Crippen LogP) is 1.50. The van der Waals surface area contributed by atoms with E-state index in [1.54, 1.807) is 13.2 Å². The number of fused-ring (bicyclic) bond motifs is 2. The fourth-order valence-electron chi connectivity index (χ4n) is 3.86. The van der Waals surface area contributed by atoms with Gasteiger partial charge >= 0.3 is 16.2 Å². The number of benzene rings is 1. The predicted molar refractivity (Wildman–Crippen MR) is 104 cm³/mol. The van der Waals surface area contributed by atoms with Gasteiger partial charge in [-0.15, -0.1) is 0 Å². The summed E-state index contributed by atoms with van der Waals surface area (Å²) in [4.78, 5) is 12.4. The van der Waals surface area contributed by atoms with E-state index < -0.39 is 16.2 Å². The minimum atomic E-state index is -4.06. The zero-order chi connectivity index (χ0) is 18.3. The monoisotopic (exact) mass is 414 g/mol. The van der Waals surface area contributed by atoms with Crippen molar-refractivity contribution in [3.8, 4) is 0 Å². The molecule has 2 amide bonds. The topological polar surface area (TPSA) is 105 Å². The smallest absolute Gasteiger partial charge is 0.307 e. The van der Waals surface area contributed by atoms with Gasteiger partial charge in [-0.1, -0.05) is 6.07 Å². The van der Waals surface area contributed by atoms with E-state index in [0.717, 1.165) is 55.3 Å². The van der Waals surface area contributed by atoms with E-state index in [0.29, 0.717) is 0 Å². The first-order valence-electron chi connectivity index (χ1n) is 8.69. The number of aryl methyl sites for hydroxylation is 3. The quantitative estimate of drug-likeness (QED) is 0.659. The second kappa shape index (κ2) is 8.22. The van der Waals surface area contributed by atoms with E-state index in [9.17, 15) is 13.2 Å². The number of nitrogens with one attached hydrogen (secondary N) is 3. The number of aromatic nitrogens is 2. The minimum Gasteiger partial charge on any atom is -0.307 e. The fourth-order valence-corrected chi connectivity index (χ4v) is 4.59. The maximum absolute atomic E-state index is 12.4. The molecule has 4 rings (SSSR count). The summed E-state index contributed by atoms with van der Waals surface area (Å²) in [7, 11) is -2.38. The molecule has 0 saturated carbocycles. The van der Waals surface area contributed by atoms with E-state index in [-0.39, 0.29) is 57.2 Å². The molecule has 0 unspecified atom stereocenters. The molecule has 8 nitrogen and oxygen atoms in total. The number of carbonyl (C=O) groups is 1. The Balaban J connectivity index is 0.00000210. The molecule has 1 heterocycles. The summed E-state index contributed by atoms with van der Waals surface area (Å²) in [5.41, 5.74) is 5.65. The Labute approximate surface area is 201 Å². The normalized spacial score (nSPS) is 14.9. The van der Waals surface area contributed by atoms with Gasteiger partial charge in [0.15, 0.2) is 5.82 Å². The van der Waals surface area contributed by atoms with Gasteiger partial charge in [0, 0.05) is 76.4 Å². The third-order valence-corrected chi connectivity index (χ3v) is 5.82. The summed E-state index contributed by atoms with van der Waals surface area (Å²) in [6.45, 7) is 0. The van der Waals surface area contributed by atoms with Crippen LogP contribution in [0, 0.1) is 0 Å². The van der Waals surface area contributed by atoms with Crippen molar-refractivity contribution in [2.45, 2.75) is 38.5 Å². The molecule has 3 N–H and O–H groups in total. The number of carbonyl (C=O) groups excluding carboxylic acids is 1. The van der Waals surface area contributed by atoms with Crippen molar-refractivity contribution >= 4 is 79.1 Å². The molecule has 0 atom stereocenters. The Kier molecular flexibility index (Phi) is 6.33. The van der Waals surface area contributed by atoms with Gasteiger partial charge in [0.2, 0.25) is 0 Å². The van der Waals surface area contributed by atoms with E-state index >= 15 is 0 Å². The molecule has 0 saturated heterocycles. The summed E-state index contributed by atoms with van der Waals surface area (Å²) in [5, 5.41) is 6.73. The van der Waals surface area contributed by atoms with Crippen LogP contribution >= 0.6 is 0 Å². The van der Waals surface area contributed by atoms with E-state index in [2.05, 4.69) is 21.2 Å². The summed E-state index contributed by atoms with van der Waals surface area (Å²) >= 11 is 0. The zero-order valence-corrected chi connectivity index (χ0v) is 19.4. The van der Waals surface area contributed by atoms with Crippen LogP contribution in [0.15, 0.2) is 18.3 Å². The molecule has 2 aromatic rings. The summed E-state index contributed by atoms with van der Waals surface area (Å²) in [6, 6.07) is 3.00. The van der Waals surface area contributed by atoms with E-state index in [1.807, 2.05) is 4.72 Å². The van der Waals surface area contributed by atoms with Crippen LogP contribution < -0.4 is 14.8 Å². The number of rotatable bonds is 4. The van der Waals surface area contributed by atoms with Crippen molar-refractivity contribution in [3.05, 3.63) is 40.6 Å². The Bertz CT molecular complexity index is 954. The van der Waals surface area contributed by atoms with Crippen LogP contribution in [-0.4, -0.2) is 75.6 Å². The average Bonchev–Trinajstić information content (AvgIpc) is 3.26. The Morgan fingerprint density at radius 3 is 2.30 bits per heavy atom. The molecule has 10 heteroatoms. The van der Waals surface area contributed by atoms with E-state index in [1.165, 1.54) is 21.9 Å². The van der Waals surface area contributed by atoms with Crippen LogP contribution in [-0.2, 0) is 42.9 Å². The van der Waals surface area contributed by atoms with Crippen LogP contribution in [0.3, 0.4) is 0 Å². The van der Waals surface area contributed by atoms with Crippen molar-refractivity contribution in [1.29, 1.82) is 0 Å². The first kappa shape index (κ1) is 20.8. The number of urea groups is 1. The van der Waals surface area contributed by atoms with E-state index in [4.69, 9.17) is 0 Å². The van der Waals surface area contributed by atoms with Crippen LogP contribution in [0.25, 0.3) is 0 Å². The largest absolute Gasteiger partial charge is 0.334 e. The molecule has 2 aliphatic carbocycles. The van der Waals surface area contributed by atoms with Crippen molar-refractivity contribution in [2.75, 3.05) is 10.0 Å². The van der Waals surface area contributed by atoms with Gasteiger partial charge < -0.3 is 5.32 Å². The summed E-state index contributed by atoms with van der Waals surface area (Å²) in [5.74, 6) is 0.147. The Morgan fingerprint density at radius 1 is 1.11 bits per heavy atom. The molecule has 139 valence electrons. The van der Waals surface area contributed by atoms with Gasteiger partial charge in [-0.05, 0) is 60.8 Å². The second-order valence-corrected chi connectivity index (χ2v) is 8.19. The first-order chi connectivity index (χ1) is 12.4. The molecule has 27 heavy (non-hydrogen) atoms. The standard InChI is InChI=1S/C17H21N5O3S.K/c1-22-9-8-15(19-22)20-26(24,25)21-17(23)18-16-13-6-2-4-11(13)10-12-5-3-7-14(12)16;/h8-10H,2-7H2,1H3,(H,19,20)(H2,18,21,23);. The molecule has 0 spiro atoms. The molecule has 1 radical (unpaired) electrons. The second-order valence-electron chi connectivity index (χ2n) is 6.77. The van der Waals surface area contributed by atoms with Crippen molar-refractivity contribution in [3.63, 3.8) is 0 Å². The van der Waals surface area contributed by atoms with Crippen LogP contribution in [0.5, 0.6) is 0 Å². The third kappa shape index (κ3) is 4.57. The Hall–Kier alpha value is -0.914. The number of amides is 2. The third-order valence-electron chi connectivity index (χ3n) is 4.89. The zero-order valence-electron chi connectivity index (χ0n) is 15.5. The van der Waals surface area contributed by atoms with Crippen LogP contribution in [0.2, 0.25) is 0 Å². The SMILES string of the molecule is Cn1ccc(NS(=O)(=O)NC(=O)Nc2c3c(cc4c2CCC4)CCC3)n1.[K]. The van der Waals surface area contributed by atoms with Gasteiger partial charge in [0.05, 0.1) is 0 Å². The number of anilines is 2. The number of nitrogens with zero attached hydrogens (tertiary/aromatic N) is 2. The fraction of sp³-hybridized carbons (Fsp3) is 0.412. The van der Waals surface area contributed by atoms with Crippen molar-refractivity contribution in [1.82, 2.24) is 14.5 Å². The van der Waals surface area contributed by atoms with Gasteiger partial charge in [0.25, 0.3) is 0 Å². The molecule has 1 aromatic carbocycles. The Morgan fingerprint density at radius 2 is 1.74 bits per heavy atom. The molecule has 0 fully saturated rings. The molecule has 2 aliphatic rings. The van der Waals surface area contributed by atoms with Crippen LogP contribution in [0.4, 0.5) is 16.3 Å². The van der Waals surface area contributed by atoms with Gasteiger partial charge in [-0.25, -0.2) is 14.2 Å². The maximum Gasteiger partial charge on any atom is 0.334 e. The van der Waals surface area contributed by atoms with Crippen molar-refractivity contribution in [2.24, 2.45) is 7.05 Å². The molecule has 0 bridgehead atoms. The minimum absolute atomic E-state index is 0. The average molecular weight is 415 g/mol. The van der Waals surface area contributed by atoms with Crippen molar-refractivity contribution < 1.29 is 13.2 Å².